The van der Waals surface area contributed by atoms with Gasteiger partial charge in [0.1, 0.15) is 35.0 Å². The summed E-state index contributed by atoms with van der Waals surface area (Å²) in [5.74, 6) is -0.658. The number of alkyl halides is 3. The largest absolute Gasteiger partial charge is 0.573 e. The quantitative estimate of drug-likeness (QED) is 0.437. The Morgan fingerprint density at radius 3 is 1.80 bits per heavy atom. The molecule has 0 unspecified atom stereocenters. The van der Waals surface area contributed by atoms with Gasteiger partial charge in [-0.25, -0.2) is 9.59 Å². The molecular formula is C25H30F3NO6. The lowest BCUT2D eigenvalue weighted by molar-refractivity contribution is -0.274. The summed E-state index contributed by atoms with van der Waals surface area (Å²) in [5, 5.41) is 0. The van der Waals surface area contributed by atoms with E-state index in [1.54, 1.807) is 65.8 Å². The van der Waals surface area contributed by atoms with Gasteiger partial charge in [-0.1, -0.05) is 30.3 Å². The van der Waals surface area contributed by atoms with Crippen molar-refractivity contribution in [3.63, 3.8) is 0 Å². The summed E-state index contributed by atoms with van der Waals surface area (Å²) in [7, 11) is 0. The van der Waals surface area contributed by atoms with Crippen LogP contribution in [0, 0.1) is 6.92 Å². The van der Waals surface area contributed by atoms with E-state index in [1.165, 1.54) is 13.0 Å². The van der Waals surface area contributed by atoms with Crippen LogP contribution >= 0.6 is 0 Å². The van der Waals surface area contributed by atoms with Crippen LogP contribution < -0.4 is 14.4 Å². The number of rotatable bonds is 5. The van der Waals surface area contributed by atoms with E-state index in [1.807, 2.05) is 6.07 Å². The van der Waals surface area contributed by atoms with Gasteiger partial charge in [-0.05, 0) is 65.7 Å². The highest BCUT2D eigenvalue weighted by Crippen LogP contribution is 2.39. The Balaban J connectivity index is 2.63. The van der Waals surface area contributed by atoms with E-state index < -0.39 is 35.5 Å². The number of carbonyl (C=O) groups is 2. The minimum Gasteiger partial charge on any atom is -0.487 e. The molecule has 0 aliphatic rings. The number of amides is 2. The van der Waals surface area contributed by atoms with Crippen molar-refractivity contribution in [3.8, 4) is 11.5 Å². The van der Waals surface area contributed by atoms with Crippen molar-refractivity contribution in [2.75, 3.05) is 4.90 Å². The molecule has 7 nitrogen and oxygen atoms in total. The third-order valence-corrected chi connectivity index (χ3v) is 4.11. The number of anilines is 1. The van der Waals surface area contributed by atoms with Crippen molar-refractivity contribution in [2.24, 2.45) is 0 Å². The van der Waals surface area contributed by atoms with Crippen LogP contribution in [0.25, 0.3) is 0 Å². The Morgan fingerprint density at radius 1 is 0.829 bits per heavy atom. The molecule has 0 fully saturated rings. The van der Waals surface area contributed by atoms with E-state index in [9.17, 15) is 22.8 Å². The van der Waals surface area contributed by atoms with Gasteiger partial charge >= 0.3 is 18.5 Å². The molecule has 35 heavy (non-hydrogen) atoms. The van der Waals surface area contributed by atoms with Gasteiger partial charge < -0.3 is 18.9 Å². The van der Waals surface area contributed by atoms with E-state index >= 15 is 0 Å². The van der Waals surface area contributed by atoms with Crippen molar-refractivity contribution < 1.29 is 41.7 Å². The first-order chi connectivity index (χ1) is 16.0. The van der Waals surface area contributed by atoms with Crippen LogP contribution in [0.1, 0.15) is 52.7 Å². The van der Waals surface area contributed by atoms with Gasteiger partial charge in [-0.3, -0.25) is 0 Å². The number of hydrogen-bond donors (Lipinski definition) is 0. The van der Waals surface area contributed by atoms with Crippen LogP contribution in [-0.2, 0) is 16.1 Å². The van der Waals surface area contributed by atoms with E-state index in [0.717, 1.165) is 11.6 Å². The van der Waals surface area contributed by atoms with E-state index in [2.05, 4.69) is 4.74 Å². The van der Waals surface area contributed by atoms with Crippen LogP contribution in [0.3, 0.4) is 0 Å². The second-order valence-corrected chi connectivity index (χ2v) is 9.70. The van der Waals surface area contributed by atoms with Crippen LogP contribution in [0.2, 0.25) is 0 Å². The fraction of sp³-hybridized carbons (Fsp3) is 0.440. The fourth-order valence-corrected chi connectivity index (χ4v) is 2.80. The highest BCUT2D eigenvalue weighted by atomic mass is 19.4. The highest BCUT2D eigenvalue weighted by Gasteiger charge is 2.37. The lowest BCUT2D eigenvalue weighted by atomic mass is 10.1. The van der Waals surface area contributed by atoms with Crippen LogP contribution in [0.15, 0.2) is 42.5 Å². The third-order valence-electron chi connectivity index (χ3n) is 4.11. The number of hydrogen-bond acceptors (Lipinski definition) is 6. The van der Waals surface area contributed by atoms with E-state index in [4.69, 9.17) is 14.2 Å². The maximum atomic E-state index is 13.1. The zero-order valence-corrected chi connectivity index (χ0v) is 20.8. The van der Waals surface area contributed by atoms with Crippen LogP contribution in [-0.4, -0.2) is 29.8 Å². The summed E-state index contributed by atoms with van der Waals surface area (Å²) >= 11 is 0. The van der Waals surface area contributed by atoms with Crippen molar-refractivity contribution in [1.82, 2.24) is 0 Å². The molecule has 0 aliphatic heterocycles. The molecule has 0 atom stereocenters. The summed E-state index contributed by atoms with van der Waals surface area (Å²) in [6.07, 6.45) is -7.31. The zero-order valence-electron chi connectivity index (χ0n) is 20.8. The summed E-state index contributed by atoms with van der Waals surface area (Å²) in [6, 6.07) is 11.1. The molecule has 2 amide bonds. The first-order valence-corrected chi connectivity index (χ1v) is 10.8. The second kappa shape index (κ2) is 10.5. The minimum absolute atomic E-state index is 0.0171. The monoisotopic (exact) mass is 497 g/mol. The van der Waals surface area contributed by atoms with Gasteiger partial charge in [-0.2, -0.15) is 4.90 Å². The van der Waals surface area contributed by atoms with Crippen LogP contribution in [0.4, 0.5) is 28.4 Å². The predicted molar refractivity (Wildman–Crippen MR) is 124 cm³/mol. The number of ether oxygens (including phenoxy) is 4. The van der Waals surface area contributed by atoms with Crippen molar-refractivity contribution in [3.05, 3.63) is 53.6 Å². The molecule has 0 saturated heterocycles. The third kappa shape index (κ3) is 9.03. The molecule has 192 valence electrons. The first-order valence-electron chi connectivity index (χ1n) is 10.8. The summed E-state index contributed by atoms with van der Waals surface area (Å²) in [6.45, 7) is 10.9. The molecule has 0 saturated carbocycles. The number of carbonyl (C=O) groups excluding carboxylic acids is 2. The van der Waals surface area contributed by atoms with Gasteiger partial charge in [0, 0.05) is 6.07 Å². The Bertz CT molecular complexity index is 1010. The summed E-state index contributed by atoms with van der Waals surface area (Å²) in [4.78, 5) is 26.7. The normalized spacial score (nSPS) is 12.1. The number of imide groups is 1. The topological polar surface area (TPSA) is 74.3 Å². The zero-order chi connectivity index (χ0) is 26.6. The smallest absolute Gasteiger partial charge is 0.487 e. The molecule has 0 spiro atoms. The van der Waals surface area contributed by atoms with E-state index in [0.29, 0.717) is 4.90 Å². The molecule has 2 aromatic carbocycles. The molecular weight excluding hydrogens is 467 g/mol. The highest BCUT2D eigenvalue weighted by molar-refractivity contribution is 6.10. The summed E-state index contributed by atoms with van der Waals surface area (Å²) in [5.41, 5.74) is -1.53. The van der Waals surface area contributed by atoms with Gasteiger partial charge in [0.25, 0.3) is 0 Å². The molecule has 2 rings (SSSR count). The Kier molecular flexibility index (Phi) is 8.31. The van der Waals surface area contributed by atoms with Gasteiger partial charge in [0.15, 0.2) is 0 Å². The minimum atomic E-state index is -5.00. The summed E-state index contributed by atoms with van der Waals surface area (Å²) < 4.78 is 59.8. The van der Waals surface area contributed by atoms with Gasteiger partial charge in [0.05, 0.1) is 0 Å². The lowest BCUT2D eigenvalue weighted by Gasteiger charge is -2.30. The van der Waals surface area contributed by atoms with Crippen molar-refractivity contribution >= 4 is 17.9 Å². The van der Waals surface area contributed by atoms with Gasteiger partial charge in [0.2, 0.25) is 0 Å². The van der Waals surface area contributed by atoms with E-state index in [-0.39, 0.29) is 23.6 Å². The predicted octanol–water partition coefficient (Wildman–Crippen LogP) is 7.15. The molecule has 0 aromatic heterocycles. The average molecular weight is 498 g/mol. The number of aryl methyl sites for hydroxylation is 1. The SMILES string of the molecule is Cc1cc(OCc2ccccc2)c(N(C(=O)OC(C)(C)C)C(=O)OC(C)(C)C)cc1OC(F)(F)F. The molecule has 0 heterocycles. The fourth-order valence-electron chi connectivity index (χ4n) is 2.80. The molecule has 2 aromatic rings. The van der Waals surface area contributed by atoms with Gasteiger partial charge in [-0.15, -0.1) is 13.2 Å². The average Bonchev–Trinajstić information content (AvgIpc) is 2.66. The van der Waals surface area contributed by atoms with Crippen molar-refractivity contribution in [2.45, 2.75) is 72.6 Å². The molecule has 10 heteroatoms. The number of halogens is 3. The maximum Gasteiger partial charge on any atom is 0.573 e. The maximum absolute atomic E-state index is 13.1. The number of benzene rings is 2. The Labute approximate surface area is 202 Å². The van der Waals surface area contributed by atoms with Crippen molar-refractivity contribution in [1.29, 1.82) is 0 Å². The Hall–Kier alpha value is -3.43. The van der Waals surface area contributed by atoms with Crippen LogP contribution in [0.5, 0.6) is 11.5 Å². The molecule has 0 radical (unpaired) electrons. The second-order valence-electron chi connectivity index (χ2n) is 9.70. The molecule has 0 bridgehead atoms. The number of nitrogens with zero attached hydrogens (tertiary/aromatic N) is 1. The molecule has 0 N–H and O–H groups in total. The first kappa shape index (κ1) is 27.8. The Morgan fingerprint density at radius 2 is 1.34 bits per heavy atom. The standard InChI is InChI=1S/C25H30F3NO6/c1-16-13-20(32-15-17-11-9-8-10-12-17)18(14-19(16)33-25(26,27)28)29(21(30)34-23(2,3)4)22(31)35-24(5,6)7/h8-14H,15H2,1-7H3. The molecule has 0 aliphatic carbocycles. The lowest BCUT2D eigenvalue weighted by Crippen LogP contribution is -2.44.